The summed E-state index contributed by atoms with van der Waals surface area (Å²) in [6, 6.07) is 21.5. The molecule has 0 fully saturated rings. The summed E-state index contributed by atoms with van der Waals surface area (Å²) in [5, 5.41) is 3.61. The fourth-order valence-corrected chi connectivity index (χ4v) is 4.07. The third-order valence-corrected chi connectivity index (χ3v) is 6.15. The summed E-state index contributed by atoms with van der Waals surface area (Å²) in [4.78, 5) is 27.9. The number of hydrogen-bond acceptors (Lipinski definition) is 3. The Balaban J connectivity index is 1.88. The Labute approximate surface area is 210 Å². The standard InChI is InChI=1S/C27H28Cl2N2O3/c1-3-19-9-13-23(14-10-19)34-18-26(32)31(17-21-11-12-22(28)16-24(21)29)25(27(33)30-2)15-20-7-5-4-6-8-20/h4-14,16,25H,3,15,17-18H2,1-2H3,(H,30,33)/t25-/m0/s1. The van der Waals surface area contributed by atoms with Crippen LogP contribution in [0.1, 0.15) is 23.6 Å². The van der Waals surface area contributed by atoms with Gasteiger partial charge in [0.05, 0.1) is 0 Å². The van der Waals surface area contributed by atoms with Crippen LogP contribution >= 0.6 is 23.2 Å². The molecule has 0 saturated carbocycles. The molecule has 1 atom stereocenters. The molecule has 0 aliphatic heterocycles. The highest BCUT2D eigenvalue weighted by atomic mass is 35.5. The molecule has 3 aromatic rings. The van der Waals surface area contributed by atoms with Crippen molar-refractivity contribution in [1.82, 2.24) is 10.2 Å². The molecule has 3 aromatic carbocycles. The van der Waals surface area contributed by atoms with Crippen LogP contribution in [0.5, 0.6) is 5.75 Å². The lowest BCUT2D eigenvalue weighted by Gasteiger charge is -2.31. The number of likely N-dealkylation sites (N-methyl/N-ethyl adjacent to an activating group) is 1. The van der Waals surface area contributed by atoms with Crippen LogP contribution in [0.25, 0.3) is 0 Å². The number of rotatable bonds is 10. The van der Waals surface area contributed by atoms with Crippen molar-refractivity contribution in [2.75, 3.05) is 13.7 Å². The predicted molar refractivity (Wildman–Crippen MR) is 136 cm³/mol. The molecule has 0 bridgehead atoms. The van der Waals surface area contributed by atoms with Crippen LogP contribution in [0, 0.1) is 0 Å². The van der Waals surface area contributed by atoms with E-state index in [9.17, 15) is 9.59 Å². The Kier molecular flexibility index (Phi) is 9.37. The van der Waals surface area contributed by atoms with Gasteiger partial charge in [-0.25, -0.2) is 0 Å². The second-order valence-electron chi connectivity index (χ2n) is 7.86. The molecule has 0 radical (unpaired) electrons. The van der Waals surface area contributed by atoms with Crippen molar-refractivity contribution in [1.29, 1.82) is 0 Å². The monoisotopic (exact) mass is 498 g/mol. The predicted octanol–water partition coefficient (Wildman–Crippen LogP) is 5.32. The third kappa shape index (κ3) is 6.99. The first-order chi connectivity index (χ1) is 16.4. The maximum Gasteiger partial charge on any atom is 0.261 e. The molecule has 0 aliphatic carbocycles. The molecule has 1 N–H and O–H groups in total. The topological polar surface area (TPSA) is 58.6 Å². The van der Waals surface area contributed by atoms with E-state index in [0.717, 1.165) is 12.0 Å². The number of amides is 2. The molecule has 7 heteroatoms. The van der Waals surface area contributed by atoms with Gasteiger partial charge in [0.1, 0.15) is 11.8 Å². The number of nitrogens with one attached hydrogen (secondary N) is 1. The molecular weight excluding hydrogens is 471 g/mol. The quantitative estimate of drug-likeness (QED) is 0.411. The Hall–Kier alpha value is -3.02. The molecule has 0 spiro atoms. The van der Waals surface area contributed by atoms with E-state index < -0.39 is 6.04 Å². The van der Waals surface area contributed by atoms with E-state index in [4.69, 9.17) is 27.9 Å². The van der Waals surface area contributed by atoms with E-state index in [1.54, 1.807) is 25.2 Å². The largest absolute Gasteiger partial charge is 0.484 e. The summed E-state index contributed by atoms with van der Waals surface area (Å²) in [5.74, 6) is -0.000665. The Bertz CT molecular complexity index is 1100. The third-order valence-electron chi connectivity index (χ3n) is 5.57. The van der Waals surface area contributed by atoms with Crippen LogP contribution in [0.3, 0.4) is 0 Å². The highest BCUT2D eigenvalue weighted by Gasteiger charge is 2.30. The van der Waals surface area contributed by atoms with E-state index in [1.807, 2.05) is 54.6 Å². The van der Waals surface area contributed by atoms with Crippen molar-refractivity contribution in [2.24, 2.45) is 0 Å². The maximum atomic E-state index is 13.4. The molecule has 3 rings (SSSR count). The van der Waals surface area contributed by atoms with Crippen molar-refractivity contribution < 1.29 is 14.3 Å². The van der Waals surface area contributed by atoms with Gasteiger partial charge < -0.3 is 15.0 Å². The fraction of sp³-hybridized carbons (Fsp3) is 0.259. The smallest absolute Gasteiger partial charge is 0.261 e. The lowest BCUT2D eigenvalue weighted by atomic mass is 10.0. The number of nitrogens with zero attached hydrogens (tertiary/aromatic N) is 1. The molecule has 178 valence electrons. The number of hydrogen-bond donors (Lipinski definition) is 1. The first-order valence-corrected chi connectivity index (χ1v) is 11.9. The summed E-state index contributed by atoms with van der Waals surface area (Å²) in [5.41, 5.74) is 2.81. The van der Waals surface area contributed by atoms with Crippen molar-refractivity contribution in [3.8, 4) is 5.75 Å². The van der Waals surface area contributed by atoms with Gasteiger partial charge in [-0.15, -0.1) is 0 Å². The summed E-state index contributed by atoms with van der Waals surface area (Å²) >= 11 is 12.5. The van der Waals surface area contributed by atoms with E-state index in [2.05, 4.69) is 12.2 Å². The lowest BCUT2D eigenvalue weighted by Crippen LogP contribution is -2.51. The minimum absolute atomic E-state index is 0.137. The second-order valence-corrected chi connectivity index (χ2v) is 8.71. The van der Waals surface area contributed by atoms with Crippen LogP contribution in [0.4, 0.5) is 0 Å². The molecular formula is C27H28Cl2N2O3. The molecule has 0 heterocycles. The van der Waals surface area contributed by atoms with Gasteiger partial charge >= 0.3 is 0 Å². The molecule has 34 heavy (non-hydrogen) atoms. The van der Waals surface area contributed by atoms with Crippen LogP contribution in [-0.2, 0) is 29.0 Å². The van der Waals surface area contributed by atoms with E-state index in [1.165, 1.54) is 10.5 Å². The van der Waals surface area contributed by atoms with Crippen molar-refractivity contribution in [3.05, 3.63) is 99.5 Å². The maximum absolute atomic E-state index is 13.4. The number of ether oxygens (including phenoxy) is 1. The molecule has 2 amide bonds. The van der Waals surface area contributed by atoms with Gasteiger partial charge in [0.15, 0.2) is 6.61 Å². The van der Waals surface area contributed by atoms with Crippen molar-refractivity contribution >= 4 is 35.0 Å². The van der Waals surface area contributed by atoms with Gasteiger partial charge in [-0.2, -0.15) is 0 Å². The summed E-state index contributed by atoms with van der Waals surface area (Å²) in [6.07, 6.45) is 1.27. The highest BCUT2D eigenvalue weighted by Crippen LogP contribution is 2.24. The minimum atomic E-state index is -0.752. The van der Waals surface area contributed by atoms with Gasteiger partial charge in [-0.3, -0.25) is 9.59 Å². The molecule has 0 aliphatic rings. The van der Waals surface area contributed by atoms with Gasteiger partial charge in [0, 0.05) is 30.1 Å². The fourth-order valence-electron chi connectivity index (χ4n) is 3.60. The van der Waals surface area contributed by atoms with Crippen LogP contribution in [-0.4, -0.2) is 36.4 Å². The number of aryl methyl sites for hydroxylation is 1. The highest BCUT2D eigenvalue weighted by molar-refractivity contribution is 6.35. The van der Waals surface area contributed by atoms with E-state index >= 15 is 0 Å². The van der Waals surface area contributed by atoms with Crippen LogP contribution in [0.15, 0.2) is 72.8 Å². The minimum Gasteiger partial charge on any atom is -0.484 e. The molecule has 5 nitrogen and oxygen atoms in total. The Morgan fingerprint density at radius 3 is 2.29 bits per heavy atom. The normalized spacial score (nSPS) is 11.5. The van der Waals surface area contributed by atoms with Gasteiger partial charge in [0.25, 0.3) is 5.91 Å². The molecule has 0 aromatic heterocycles. The van der Waals surface area contributed by atoms with Crippen molar-refractivity contribution in [3.63, 3.8) is 0 Å². The van der Waals surface area contributed by atoms with E-state index in [-0.39, 0.29) is 25.0 Å². The Morgan fingerprint density at radius 2 is 1.68 bits per heavy atom. The summed E-state index contributed by atoms with van der Waals surface area (Å²) < 4.78 is 5.77. The number of carbonyl (C=O) groups is 2. The molecule has 0 saturated heterocycles. The van der Waals surface area contributed by atoms with Gasteiger partial charge in [-0.1, -0.05) is 78.7 Å². The van der Waals surface area contributed by atoms with E-state index in [0.29, 0.717) is 27.8 Å². The van der Waals surface area contributed by atoms with Crippen LogP contribution in [0.2, 0.25) is 10.0 Å². The summed E-state index contributed by atoms with van der Waals surface area (Å²) in [6.45, 7) is 2.00. The van der Waals surface area contributed by atoms with Gasteiger partial charge in [0.2, 0.25) is 5.91 Å². The number of halogens is 2. The van der Waals surface area contributed by atoms with Gasteiger partial charge in [-0.05, 0) is 47.4 Å². The first kappa shape index (κ1) is 25.6. The second kappa shape index (κ2) is 12.4. The number of benzene rings is 3. The number of carbonyl (C=O) groups excluding carboxylic acids is 2. The average Bonchev–Trinajstić information content (AvgIpc) is 2.86. The summed E-state index contributed by atoms with van der Waals surface area (Å²) in [7, 11) is 1.56. The SMILES string of the molecule is CCc1ccc(OCC(=O)N(Cc2ccc(Cl)cc2Cl)[C@@H](Cc2ccccc2)C(=O)NC)cc1. The zero-order valence-electron chi connectivity index (χ0n) is 19.3. The Morgan fingerprint density at radius 1 is 0.971 bits per heavy atom. The first-order valence-electron chi connectivity index (χ1n) is 11.1. The zero-order chi connectivity index (χ0) is 24.5. The van der Waals surface area contributed by atoms with Crippen LogP contribution < -0.4 is 10.1 Å². The molecule has 0 unspecified atom stereocenters. The zero-order valence-corrected chi connectivity index (χ0v) is 20.8. The lowest BCUT2D eigenvalue weighted by molar-refractivity contribution is -0.142. The average molecular weight is 499 g/mol. The van der Waals surface area contributed by atoms with Crippen molar-refractivity contribution in [2.45, 2.75) is 32.4 Å².